The smallest absolute Gasteiger partial charge is 0.220 e. The zero-order chi connectivity index (χ0) is 20.7. The van der Waals surface area contributed by atoms with Gasteiger partial charge in [-0.05, 0) is 57.5 Å². The quantitative estimate of drug-likeness (QED) is 0.656. The summed E-state index contributed by atoms with van der Waals surface area (Å²) in [5, 5.41) is 12.0. The van der Waals surface area contributed by atoms with Gasteiger partial charge in [-0.3, -0.25) is 9.48 Å². The summed E-state index contributed by atoms with van der Waals surface area (Å²) in [6.45, 7) is 6.82. The van der Waals surface area contributed by atoms with Gasteiger partial charge in [0.05, 0.1) is 27.5 Å². The van der Waals surface area contributed by atoms with Crippen LogP contribution >= 0.6 is 11.3 Å². The van der Waals surface area contributed by atoms with Crippen LogP contribution in [-0.2, 0) is 4.79 Å². The minimum absolute atomic E-state index is 0.0535. The van der Waals surface area contributed by atoms with E-state index in [9.17, 15) is 4.79 Å². The Balaban J connectivity index is 1.46. The summed E-state index contributed by atoms with van der Waals surface area (Å²) in [7, 11) is 0. The van der Waals surface area contributed by atoms with E-state index in [0.29, 0.717) is 19.0 Å². The van der Waals surface area contributed by atoms with Gasteiger partial charge >= 0.3 is 0 Å². The number of nitrogens with one attached hydrogen (secondary N) is 2. The molecule has 2 unspecified atom stereocenters. The second-order valence-corrected chi connectivity index (χ2v) is 9.54. The van der Waals surface area contributed by atoms with E-state index >= 15 is 0 Å². The van der Waals surface area contributed by atoms with Crippen molar-refractivity contribution in [3.05, 3.63) is 29.5 Å². The standard InChI is InChI=1S/C22H27N5O2S/c1-13(16-9-21(28)24-10-16)29-20-8-15(7-19-22(20)30-14(2)26-19)17-11-25-27(12-17)18-3-5-23-6-4-18/h7-8,11-13,16,18,23H,3-6,9-10H2,1-2H3,(H,24,28). The second-order valence-electron chi connectivity index (χ2n) is 8.34. The topological polar surface area (TPSA) is 81.1 Å². The number of ether oxygens (including phenoxy) is 1. The number of carbonyl (C=O) groups excluding carboxylic acids is 1. The lowest BCUT2D eigenvalue weighted by atomic mass is 10.0. The number of carbonyl (C=O) groups is 1. The third kappa shape index (κ3) is 3.81. The molecular weight excluding hydrogens is 398 g/mol. The number of piperidine rings is 1. The van der Waals surface area contributed by atoms with Gasteiger partial charge in [-0.15, -0.1) is 11.3 Å². The van der Waals surface area contributed by atoms with Gasteiger partial charge < -0.3 is 15.4 Å². The monoisotopic (exact) mass is 425 g/mol. The molecule has 3 aromatic rings. The van der Waals surface area contributed by atoms with Crippen LogP contribution in [0.5, 0.6) is 5.75 Å². The fourth-order valence-electron chi connectivity index (χ4n) is 4.38. The lowest BCUT2D eigenvalue weighted by Crippen LogP contribution is -2.29. The average molecular weight is 426 g/mol. The Morgan fingerprint density at radius 2 is 2.10 bits per heavy atom. The number of benzene rings is 1. The van der Waals surface area contributed by atoms with Crippen LogP contribution in [0.1, 0.15) is 37.2 Å². The van der Waals surface area contributed by atoms with Crippen LogP contribution in [0.2, 0.25) is 0 Å². The molecule has 1 amide bonds. The molecule has 2 aliphatic rings. The van der Waals surface area contributed by atoms with Crippen molar-refractivity contribution in [3.63, 3.8) is 0 Å². The summed E-state index contributed by atoms with van der Waals surface area (Å²) in [4.78, 5) is 16.3. The molecule has 1 aromatic carbocycles. The largest absolute Gasteiger partial charge is 0.489 e. The molecule has 4 heterocycles. The predicted octanol–water partition coefficient (Wildman–Crippen LogP) is 3.30. The third-order valence-electron chi connectivity index (χ3n) is 6.17. The molecule has 2 saturated heterocycles. The van der Waals surface area contributed by atoms with Crippen LogP contribution < -0.4 is 15.4 Å². The lowest BCUT2D eigenvalue weighted by Gasteiger charge is -2.22. The molecule has 0 radical (unpaired) electrons. The van der Waals surface area contributed by atoms with E-state index in [1.165, 1.54) is 0 Å². The Bertz CT molecular complexity index is 1070. The first-order valence-corrected chi connectivity index (χ1v) is 11.5. The first kappa shape index (κ1) is 19.5. The lowest BCUT2D eigenvalue weighted by molar-refractivity contribution is -0.119. The van der Waals surface area contributed by atoms with E-state index in [1.807, 2.05) is 20.0 Å². The van der Waals surface area contributed by atoms with Crippen LogP contribution in [0.4, 0.5) is 0 Å². The summed E-state index contributed by atoms with van der Waals surface area (Å²) in [6, 6.07) is 4.68. The highest BCUT2D eigenvalue weighted by Gasteiger charge is 2.28. The maximum atomic E-state index is 11.6. The first-order chi connectivity index (χ1) is 14.6. The Hall–Kier alpha value is -2.45. The third-order valence-corrected chi connectivity index (χ3v) is 7.17. The van der Waals surface area contributed by atoms with Crippen molar-refractivity contribution >= 4 is 27.5 Å². The minimum atomic E-state index is -0.0535. The number of thiazole rings is 1. The number of aryl methyl sites for hydroxylation is 1. The molecule has 2 aromatic heterocycles. The molecule has 8 heteroatoms. The normalized spacial score (nSPS) is 21.1. The summed E-state index contributed by atoms with van der Waals surface area (Å²) < 4.78 is 9.57. The number of hydrogen-bond donors (Lipinski definition) is 2. The molecule has 158 valence electrons. The zero-order valence-corrected chi connectivity index (χ0v) is 18.2. The van der Waals surface area contributed by atoms with E-state index in [0.717, 1.165) is 58.0 Å². The molecule has 0 bridgehead atoms. The molecule has 2 N–H and O–H groups in total. The van der Waals surface area contributed by atoms with Crippen LogP contribution in [0.3, 0.4) is 0 Å². The number of aromatic nitrogens is 3. The summed E-state index contributed by atoms with van der Waals surface area (Å²) >= 11 is 1.65. The van der Waals surface area contributed by atoms with Crippen molar-refractivity contribution in [1.82, 2.24) is 25.4 Å². The Morgan fingerprint density at radius 1 is 1.27 bits per heavy atom. The number of rotatable bonds is 5. The van der Waals surface area contributed by atoms with Gasteiger partial charge in [0.15, 0.2) is 0 Å². The van der Waals surface area contributed by atoms with Crippen LogP contribution in [0.15, 0.2) is 24.5 Å². The molecule has 7 nitrogen and oxygen atoms in total. The van der Waals surface area contributed by atoms with E-state index < -0.39 is 0 Å². The molecule has 2 aliphatic heterocycles. The zero-order valence-electron chi connectivity index (χ0n) is 17.4. The summed E-state index contributed by atoms with van der Waals surface area (Å²) in [6.07, 6.45) is 6.76. The van der Waals surface area contributed by atoms with Gasteiger partial charge in [0, 0.05) is 30.6 Å². The van der Waals surface area contributed by atoms with Gasteiger partial charge in [-0.1, -0.05) is 0 Å². The van der Waals surface area contributed by atoms with Gasteiger partial charge in [-0.2, -0.15) is 5.10 Å². The maximum Gasteiger partial charge on any atom is 0.220 e. The van der Waals surface area contributed by atoms with E-state index in [1.54, 1.807) is 11.3 Å². The molecule has 30 heavy (non-hydrogen) atoms. The van der Waals surface area contributed by atoms with Crippen molar-refractivity contribution < 1.29 is 9.53 Å². The highest BCUT2D eigenvalue weighted by Crippen LogP contribution is 2.37. The van der Waals surface area contributed by atoms with Crippen molar-refractivity contribution in [2.75, 3.05) is 19.6 Å². The van der Waals surface area contributed by atoms with Crippen LogP contribution in [0, 0.1) is 12.8 Å². The Morgan fingerprint density at radius 3 is 2.87 bits per heavy atom. The van der Waals surface area contributed by atoms with Gasteiger partial charge in [0.25, 0.3) is 0 Å². The number of nitrogens with zero attached hydrogens (tertiary/aromatic N) is 3. The highest BCUT2D eigenvalue weighted by atomic mass is 32.1. The Kier molecular flexibility index (Phi) is 5.20. The average Bonchev–Trinajstić information content (AvgIpc) is 3.47. The van der Waals surface area contributed by atoms with Crippen LogP contribution in [-0.4, -0.2) is 46.4 Å². The molecule has 0 spiro atoms. The van der Waals surface area contributed by atoms with Crippen molar-refractivity contribution in [3.8, 4) is 16.9 Å². The van der Waals surface area contributed by atoms with Crippen molar-refractivity contribution in [2.24, 2.45) is 5.92 Å². The highest BCUT2D eigenvalue weighted by molar-refractivity contribution is 7.18. The molecular formula is C22H27N5O2S. The molecule has 0 saturated carbocycles. The van der Waals surface area contributed by atoms with E-state index in [-0.39, 0.29) is 17.9 Å². The van der Waals surface area contributed by atoms with Gasteiger partial charge in [0.1, 0.15) is 11.9 Å². The van der Waals surface area contributed by atoms with E-state index in [2.05, 4.69) is 38.7 Å². The number of fused-ring (bicyclic) bond motifs is 1. The fourth-order valence-corrected chi connectivity index (χ4v) is 5.24. The molecule has 0 aliphatic carbocycles. The minimum Gasteiger partial charge on any atom is -0.489 e. The summed E-state index contributed by atoms with van der Waals surface area (Å²) in [5.41, 5.74) is 3.10. The summed E-state index contributed by atoms with van der Waals surface area (Å²) in [5.74, 6) is 1.13. The number of amides is 1. The van der Waals surface area contributed by atoms with Gasteiger partial charge in [-0.25, -0.2) is 4.98 Å². The predicted molar refractivity (Wildman–Crippen MR) is 118 cm³/mol. The van der Waals surface area contributed by atoms with Gasteiger partial charge in [0.2, 0.25) is 5.91 Å². The molecule has 2 atom stereocenters. The molecule has 2 fully saturated rings. The second kappa shape index (κ2) is 8.00. The van der Waals surface area contributed by atoms with Crippen molar-refractivity contribution in [2.45, 2.75) is 45.3 Å². The van der Waals surface area contributed by atoms with Crippen molar-refractivity contribution in [1.29, 1.82) is 0 Å². The fraction of sp³-hybridized carbons (Fsp3) is 0.500. The Labute approximate surface area is 179 Å². The number of hydrogen-bond acceptors (Lipinski definition) is 6. The van der Waals surface area contributed by atoms with Crippen LogP contribution in [0.25, 0.3) is 21.3 Å². The van der Waals surface area contributed by atoms with E-state index in [4.69, 9.17) is 9.72 Å². The molecule has 5 rings (SSSR count). The SMILES string of the molecule is Cc1nc2cc(-c3cnn(C4CCNCC4)c3)cc(OC(C)C3CNC(=O)C3)c2s1. The maximum absolute atomic E-state index is 11.6. The first-order valence-electron chi connectivity index (χ1n) is 10.7.